The molecule has 5 rings (SSSR count). The van der Waals surface area contributed by atoms with E-state index in [1.54, 1.807) is 45.0 Å². The molecule has 1 unspecified atom stereocenters. The molecule has 4 aromatic rings. The Labute approximate surface area is 310 Å². The lowest BCUT2D eigenvalue weighted by Gasteiger charge is -2.33. The topological polar surface area (TPSA) is 161 Å². The van der Waals surface area contributed by atoms with Gasteiger partial charge in [-0.1, -0.05) is 47.6 Å². The van der Waals surface area contributed by atoms with Crippen LogP contribution < -0.4 is 15.0 Å². The van der Waals surface area contributed by atoms with Crippen LogP contribution >= 0.6 is 34.7 Å². The summed E-state index contributed by atoms with van der Waals surface area (Å²) >= 11 is 8.97. The van der Waals surface area contributed by atoms with Crippen LogP contribution in [0.15, 0.2) is 58.9 Å². The molecule has 1 aliphatic heterocycles. The lowest BCUT2D eigenvalue weighted by Crippen LogP contribution is -2.61. The fourth-order valence-electron chi connectivity index (χ4n) is 5.42. The minimum Gasteiger partial charge on any atom is -0.488 e. The Morgan fingerprint density at radius 1 is 1.02 bits per heavy atom. The number of nitriles is 2. The van der Waals surface area contributed by atoms with E-state index in [-0.39, 0.29) is 5.56 Å². The minimum absolute atomic E-state index is 0.273. The van der Waals surface area contributed by atoms with Crippen molar-refractivity contribution in [2.75, 3.05) is 18.0 Å². The Hall–Kier alpha value is -4.82. The highest BCUT2D eigenvalue weighted by molar-refractivity contribution is 7.98. The first-order valence-corrected chi connectivity index (χ1v) is 18.4. The third-order valence-corrected chi connectivity index (χ3v) is 10.4. The van der Waals surface area contributed by atoms with E-state index in [9.17, 15) is 25.2 Å². The fourth-order valence-corrected chi connectivity index (χ4v) is 7.35. The molecule has 14 heteroatoms. The number of thiazole rings is 1. The Morgan fingerprint density at radius 2 is 1.65 bits per heavy atom. The predicted molar refractivity (Wildman–Crippen MR) is 198 cm³/mol. The Morgan fingerprint density at radius 3 is 2.24 bits per heavy atom. The predicted octanol–water partition coefficient (Wildman–Crippen LogP) is 8.30. The maximum Gasteiger partial charge on any atom is 0.408 e. The van der Waals surface area contributed by atoms with E-state index in [0.717, 1.165) is 42.2 Å². The van der Waals surface area contributed by atoms with Crippen LogP contribution in [0.5, 0.6) is 5.75 Å². The van der Waals surface area contributed by atoms with Crippen molar-refractivity contribution >= 4 is 52.6 Å². The number of aliphatic carboxylic acids is 1. The van der Waals surface area contributed by atoms with E-state index in [4.69, 9.17) is 31.0 Å². The molecule has 3 heterocycles. The zero-order valence-corrected chi connectivity index (χ0v) is 31.2. The lowest BCUT2D eigenvalue weighted by molar-refractivity contribution is -0.147. The van der Waals surface area contributed by atoms with Gasteiger partial charge in [0.15, 0.2) is 5.54 Å². The number of carbonyl (C=O) groups excluding carboxylic acids is 1. The number of ether oxygens (including phenoxy) is 2. The number of aromatic nitrogens is 2. The van der Waals surface area contributed by atoms with Gasteiger partial charge in [-0.2, -0.15) is 10.5 Å². The van der Waals surface area contributed by atoms with E-state index < -0.39 is 29.3 Å². The smallest absolute Gasteiger partial charge is 0.408 e. The maximum atomic E-state index is 12.5. The number of halogens is 1. The molecule has 0 bridgehead atoms. The van der Waals surface area contributed by atoms with Crippen molar-refractivity contribution in [2.45, 2.75) is 75.5 Å². The molecule has 0 aliphatic carbocycles. The van der Waals surface area contributed by atoms with Gasteiger partial charge in [-0.25, -0.2) is 19.6 Å². The fraction of sp³-hybridized carbons (Fsp3) is 0.351. The quantitative estimate of drug-likeness (QED) is 0.142. The molecule has 264 valence electrons. The largest absolute Gasteiger partial charge is 0.488 e. The number of carboxylic acids is 1. The summed E-state index contributed by atoms with van der Waals surface area (Å²) in [5.41, 5.74) is 0.781. The van der Waals surface area contributed by atoms with Crippen LogP contribution in [0.25, 0.3) is 21.7 Å². The summed E-state index contributed by atoms with van der Waals surface area (Å²) in [6, 6.07) is 18.8. The molecule has 2 aromatic carbocycles. The molecule has 2 aromatic heterocycles. The second-order valence-corrected chi connectivity index (χ2v) is 15.4. The molecule has 1 saturated heterocycles. The number of alkyl carbamates (subject to hydrolysis) is 1. The van der Waals surface area contributed by atoms with Gasteiger partial charge in [0.2, 0.25) is 0 Å². The number of thioether (sulfide) groups is 1. The maximum absolute atomic E-state index is 12.5. The second-order valence-electron chi connectivity index (χ2n) is 13.1. The average molecular weight is 745 g/mol. The summed E-state index contributed by atoms with van der Waals surface area (Å²) in [6.45, 7) is 9.42. The molecule has 1 fully saturated rings. The monoisotopic (exact) mass is 744 g/mol. The number of hydrogen-bond donors (Lipinski definition) is 2. The van der Waals surface area contributed by atoms with Gasteiger partial charge >= 0.3 is 12.1 Å². The van der Waals surface area contributed by atoms with Crippen molar-refractivity contribution in [2.24, 2.45) is 0 Å². The van der Waals surface area contributed by atoms with Crippen molar-refractivity contribution in [1.29, 1.82) is 10.5 Å². The molecule has 11 nitrogen and oxygen atoms in total. The van der Waals surface area contributed by atoms with Crippen LogP contribution in [0.2, 0.25) is 5.02 Å². The molecule has 51 heavy (non-hydrogen) atoms. The molecule has 2 atom stereocenters. The molecular weight excluding hydrogens is 708 g/mol. The normalized spacial score (nSPS) is 14.5. The van der Waals surface area contributed by atoms with Crippen LogP contribution in [0.4, 0.5) is 10.6 Å². The zero-order valence-electron chi connectivity index (χ0n) is 28.8. The summed E-state index contributed by atoms with van der Waals surface area (Å²) in [5, 5.41) is 37.4. The molecule has 0 radical (unpaired) electrons. The number of carboxylic acid groups (broad SMARTS) is 1. The van der Waals surface area contributed by atoms with Crippen LogP contribution in [-0.4, -0.2) is 57.5 Å². The van der Waals surface area contributed by atoms with Crippen LogP contribution in [0.3, 0.4) is 0 Å². The zero-order chi connectivity index (χ0) is 36.9. The van der Waals surface area contributed by atoms with Gasteiger partial charge < -0.3 is 24.8 Å². The van der Waals surface area contributed by atoms with Crippen molar-refractivity contribution in [1.82, 2.24) is 15.3 Å². The number of nitrogens with zero attached hydrogens (tertiary/aromatic N) is 5. The summed E-state index contributed by atoms with van der Waals surface area (Å²) in [6.07, 6.45) is 0.0373. The van der Waals surface area contributed by atoms with E-state index in [1.807, 2.05) is 29.6 Å². The van der Waals surface area contributed by atoms with E-state index in [1.165, 1.54) is 36.9 Å². The number of pyridine rings is 1. The first-order valence-electron chi connectivity index (χ1n) is 16.2. The van der Waals surface area contributed by atoms with Crippen molar-refractivity contribution in [3.63, 3.8) is 0 Å². The second kappa shape index (κ2) is 15.6. The number of hydrogen-bond acceptors (Lipinski definition) is 11. The average Bonchev–Trinajstić information content (AvgIpc) is 3.79. The van der Waals surface area contributed by atoms with Crippen LogP contribution in [-0.2, 0) is 15.3 Å². The molecule has 0 saturated carbocycles. The minimum atomic E-state index is -1.82. The van der Waals surface area contributed by atoms with Crippen LogP contribution in [0, 0.1) is 22.7 Å². The van der Waals surface area contributed by atoms with Crippen molar-refractivity contribution in [3.8, 4) is 39.6 Å². The molecular formula is C37H37ClN6O5S2. The SMILES string of the molecule is CC(Oc1ccc(-c2c(C#N)c(SCc3csc(-c4ccc(Cl)cc4)n3)nc(N3CCCC3)c2C#N)cc1)[C@@](C)(NC(=O)OC(C)(C)C)C(=O)O. The molecule has 1 aliphatic rings. The third kappa shape index (κ3) is 8.74. The van der Waals surface area contributed by atoms with Gasteiger partial charge in [0, 0.05) is 40.4 Å². The van der Waals surface area contributed by atoms with Crippen molar-refractivity contribution < 1.29 is 24.2 Å². The molecule has 2 N–H and O–H groups in total. The van der Waals surface area contributed by atoms with Gasteiger partial charge in [-0.05, 0) is 77.3 Å². The van der Waals surface area contributed by atoms with Gasteiger partial charge in [-0.3, -0.25) is 0 Å². The first kappa shape index (κ1) is 37.4. The van der Waals surface area contributed by atoms with Gasteiger partial charge in [0.05, 0.1) is 11.3 Å². The molecule has 1 amide bonds. The summed E-state index contributed by atoms with van der Waals surface area (Å²) in [5.74, 6) is 0.0158. The van der Waals surface area contributed by atoms with E-state index in [0.29, 0.717) is 44.1 Å². The number of carbonyl (C=O) groups is 2. The summed E-state index contributed by atoms with van der Waals surface area (Å²) in [4.78, 5) is 36.5. The number of amides is 1. The number of rotatable bonds is 11. The van der Waals surface area contributed by atoms with Crippen LogP contribution in [0.1, 0.15) is 64.3 Å². The highest BCUT2D eigenvalue weighted by Crippen LogP contribution is 2.40. The Bertz CT molecular complexity index is 1990. The highest BCUT2D eigenvalue weighted by atomic mass is 35.5. The Kier molecular flexibility index (Phi) is 11.5. The first-order chi connectivity index (χ1) is 24.2. The standard InChI is InChI=1S/C37H37ClN6O5S2/c1-22(37(5,34(45)46)43-35(47)49-36(2,3)4)48-27-14-10-23(11-15-27)30-28(18-39)31(44-16-6-7-17-44)42-33(29(30)19-40)51-21-26-20-50-32(41-26)24-8-12-25(38)13-9-24/h8-15,20,22H,6-7,16-17,21H2,1-5H3,(H,43,47)(H,45,46)/t22?,37-/m1/s1. The summed E-state index contributed by atoms with van der Waals surface area (Å²) in [7, 11) is 0. The van der Waals surface area contributed by atoms with Gasteiger partial charge in [0.1, 0.15) is 51.0 Å². The summed E-state index contributed by atoms with van der Waals surface area (Å²) < 4.78 is 11.3. The van der Waals surface area contributed by atoms with Gasteiger partial charge in [-0.15, -0.1) is 11.3 Å². The lowest BCUT2D eigenvalue weighted by atomic mass is 9.95. The third-order valence-electron chi connectivity index (χ3n) is 8.25. The number of anilines is 1. The van der Waals surface area contributed by atoms with Crippen molar-refractivity contribution in [3.05, 3.63) is 75.8 Å². The van der Waals surface area contributed by atoms with Gasteiger partial charge in [0.25, 0.3) is 0 Å². The number of nitrogens with one attached hydrogen (secondary N) is 1. The Balaban J connectivity index is 1.44. The van der Waals surface area contributed by atoms with E-state index >= 15 is 0 Å². The number of benzene rings is 2. The van der Waals surface area contributed by atoms with E-state index in [2.05, 4.69) is 22.4 Å². The highest BCUT2D eigenvalue weighted by Gasteiger charge is 2.43. The molecule has 0 spiro atoms.